The number of rotatable bonds is 5. The van der Waals surface area contributed by atoms with Gasteiger partial charge in [0.25, 0.3) is 0 Å². The Morgan fingerprint density at radius 1 is 1.03 bits per heavy atom. The Morgan fingerprint density at radius 3 is 2.30 bits per heavy atom. The Bertz CT molecular complexity index is 1090. The zero-order valence-electron chi connectivity index (χ0n) is 17.0. The van der Waals surface area contributed by atoms with Crippen molar-refractivity contribution in [2.45, 2.75) is 38.1 Å². The Morgan fingerprint density at radius 2 is 1.73 bits per heavy atom. The first-order chi connectivity index (χ1) is 14.5. The molecule has 1 aliphatic heterocycles. The Kier molecular flexibility index (Phi) is 4.34. The summed E-state index contributed by atoms with van der Waals surface area (Å²) in [7, 11) is 0. The van der Waals surface area contributed by atoms with Gasteiger partial charge in [0.2, 0.25) is 0 Å². The van der Waals surface area contributed by atoms with E-state index in [1.165, 1.54) is 12.1 Å². The van der Waals surface area contributed by atoms with Crippen molar-refractivity contribution < 1.29 is 13.9 Å². The number of hydrogen-bond acceptors (Lipinski definition) is 4. The molecule has 1 aromatic heterocycles. The molecule has 30 heavy (non-hydrogen) atoms. The monoisotopic (exact) mass is 406 g/mol. The van der Waals surface area contributed by atoms with Gasteiger partial charge in [-0.1, -0.05) is 12.1 Å². The second-order valence-electron chi connectivity index (χ2n) is 8.21. The molecule has 154 valence electrons. The van der Waals surface area contributed by atoms with Gasteiger partial charge in [-0.3, -0.25) is 4.90 Å². The SMILES string of the molecule is CC(C)n1c(-c2ccc(N3CCOC3=O)cc2)nnc1C1(c2ccc(F)cc2)CC1. The summed E-state index contributed by atoms with van der Waals surface area (Å²) in [6.07, 6.45) is 1.63. The Labute approximate surface area is 174 Å². The van der Waals surface area contributed by atoms with Crippen LogP contribution in [-0.2, 0) is 10.2 Å². The number of carbonyl (C=O) groups is 1. The molecule has 1 saturated heterocycles. The maximum atomic E-state index is 13.4. The van der Waals surface area contributed by atoms with E-state index in [0.717, 1.165) is 41.3 Å². The summed E-state index contributed by atoms with van der Waals surface area (Å²) < 4.78 is 20.6. The highest BCUT2D eigenvalue weighted by atomic mass is 19.1. The third kappa shape index (κ3) is 2.96. The minimum atomic E-state index is -0.314. The fraction of sp³-hybridized carbons (Fsp3) is 0.348. The minimum Gasteiger partial charge on any atom is -0.447 e. The van der Waals surface area contributed by atoms with Gasteiger partial charge in [-0.2, -0.15) is 0 Å². The first-order valence-corrected chi connectivity index (χ1v) is 10.3. The van der Waals surface area contributed by atoms with Crippen molar-refractivity contribution in [3.05, 3.63) is 65.7 Å². The summed E-state index contributed by atoms with van der Waals surface area (Å²) in [5.41, 5.74) is 2.62. The molecule has 6 nitrogen and oxygen atoms in total. The van der Waals surface area contributed by atoms with E-state index in [1.807, 2.05) is 36.4 Å². The average molecular weight is 406 g/mol. The highest BCUT2D eigenvalue weighted by Gasteiger charge is 2.50. The molecule has 2 aromatic carbocycles. The van der Waals surface area contributed by atoms with Gasteiger partial charge in [-0.05, 0) is 68.7 Å². The predicted octanol–water partition coefficient (Wildman–Crippen LogP) is 4.70. The van der Waals surface area contributed by atoms with Crippen LogP contribution in [-0.4, -0.2) is 34.0 Å². The van der Waals surface area contributed by atoms with Crippen LogP contribution in [0.3, 0.4) is 0 Å². The smallest absolute Gasteiger partial charge is 0.414 e. The van der Waals surface area contributed by atoms with Gasteiger partial charge in [0, 0.05) is 17.3 Å². The molecule has 7 heteroatoms. The number of amides is 1. The minimum absolute atomic E-state index is 0.163. The van der Waals surface area contributed by atoms with Crippen LogP contribution in [0.15, 0.2) is 48.5 Å². The maximum absolute atomic E-state index is 13.4. The number of hydrogen-bond donors (Lipinski definition) is 0. The molecule has 2 heterocycles. The molecular formula is C23H23FN4O2. The highest BCUT2D eigenvalue weighted by Crippen LogP contribution is 2.53. The molecule has 1 amide bonds. The van der Waals surface area contributed by atoms with Crippen molar-refractivity contribution in [2.75, 3.05) is 18.1 Å². The summed E-state index contributed by atoms with van der Waals surface area (Å²) in [5, 5.41) is 9.13. The van der Waals surface area contributed by atoms with Gasteiger partial charge < -0.3 is 9.30 Å². The van der Waals surface area contributed by atoms with Gasteiger partial charge in [0.1, 0.15) is 18.2 Å². The van der Waals surface area contributed by atoms with E-state index in [4.69, 9.17) is 4.74 Å². The van der Waals surface area contributed by atoms with Gasteiger partial charge in [-0.15, -0.1) is 10.2 Å². The van der Waals surface area contributed by atoms with Crippen molar-refractivity contribution in [3.8, 4) is 11.4 Å². The van der Waals surface area contributed by atoms with Crippen LogP contribution in [0.25, 0.3) is 11.4 Å². The van der Waals surface area contributed by atoms with E-state index in [2.05, 4.69) is 28.6 Å². The zero-order chi connectivity index (χ0) is 20.9. The number of ether oxygens (including phenoxy) is 1. The van der Waals surface area contributed by atoms with Crippen LogP contribution in [0, 0.1) is 5.82 Å². The number of aromatic nitrogens is 3. The Hall–Kier alpha value is -3.22. The van der Waals surface area contributed by atoms with Crippen LogP contribution < -0.4 is 4.90 Å². The van der Waals surface area contributed by atoms with E-state index in [0.29, 0.717) is 13.2 Å². The van der Waals surface area contributed by atoms with Crippen LogP contribution >= 0.6 is 0 Å². The highest BCUT2D eigenvalue weighted by molar-refractivity contribution is 5.89. The average Bonchev–Trinajstić information content (AvgIpc) is 3.22. The number of nitrogens with zero attached hydrogens (tertiary/aromatic N) is 4. The lowest BCUT2D eigenvalue weighted by molar-refractivity contribution is 0.181. The molecule has 2 aliphatic rings. The van der Waals surface area contributed by atoms with Gasteiger partial charge in [0.15, 0.2) is 5.82 Å². The number of halogens is 1. The lowest BCUT2D eigenvalue weighted by Crippen LogP contribution is -2.23. The normalized spacial score (nSPS) is 17.5. The van der Waals surface area contributed by atoms with E-state index < -0.39 is 0 Å². The summed E-state index contributed by atoms with van der Waals surface area (Å²) in [6.45, 7) is 5.21. The van der Waals surface area contributed by atoms with Gasteiger partial charge in [0.05, 0.1) is 12.0 Å². The lowest BCUT2D eigenvalue weighted by atomic mass is 9.94. The third-order valence-electron chi connectivity index (χ3n) is 5.99. The molecular weight excluding hydrogens is 383 g/mol. The summed E-state index contributed by atoms with van der Waals surface area (Å²) >= 11 is 0. The van der Waals surface area contributed by atoms with Gasteiger partial charge >= 0.3 is 6.09 Å². The van der Waals surface area contributed by atoms with Crippen molar-refractivity contribution >= 4 is 11.8 Å². The maximum Gasteiger partial charge on any atom is 0.414 e. The van der Waals surface area contributed by atoms with Crippen LogP contribution in [0.1, 0.15) is 44.1 Å². The predicted molar refractivity (Wildman–Crippen MR) is 111 cm³/mol. The lowest BCUT2D eigenvalue weighted by Gasteiger charge is -2.21. The zero-order valence-corrected chi connectivity index (χ0v) is 17.0. The molecule has 0 unspecified atom stereocenters. The quantitative estimate of drug-likeness (QED) is 0.616. The molecule has 0 spiro atoms. The van der Waals surface area contributed by atoms with Crippen LogP contribution in [0.2, 0.25) is 0 Å². The summed E-state index contributed by atoms with van der Waals surface area (Å²) in [4.78, 5) is 13.4. The Balaban J connectivity index is 1.52. The standard InChI is InChI=1S/C23H23FN4O2/c1-15(2)28-20(16-3-9-19(10-4-16)27-13-14-30-22(27)29)25-26-21(28)23(11-12-23)17-5-7-18(24)8-6-17/h3-10,15H,11-14H2,1-2H3. The summed E-state index contributed by atoms with van der Waals surface area (Å²) in [5.74, 6) is 1.48. The van der Waals surface area contributed by atoms with Crippen molar-refractivity contribution in [1.29, 1.82) is 0 Å². The molecule has 1 aliphatic carbocycles. The van der Waals surface area contributed by atoms with E-state index >= 15 is 0 Å². The molecule has 0 N–H and O–H groups in total. The number of benzene rings is 2. The molecule has 1 saturated carbocycles. The van der Waals surface area contributed by atoms with E-state index in [1.54, 1.807) is 4.90 Å². The first kappa shape index (κ1) is 18.8. The largest absolute Gasteiger partial charge is 0.447 e. The number of carbonyl (C=O) groups excluding carboxylic acids is 1. The molecule has 3 aromatic rings. The van der Waals surface area contributed by atoms with Crippen LogP contribution in [0.5, 0.6) is 0 Å². The second-order valence-corrected chi connectivity index (χ2v) is 8.21. The van der Waals surface area contributed by atoms with E-state index in [-0.39, 0.29) is 23.4 Å². The topological polar surface area (TPSA) is 60.2 Å². The van der Waals surface area contributed by atoms with Crippen molar-refractivity contribution in [3.63, 3.8) is 0 Å². The molecule has 0 atom stereocenters. The number of cyclic esters (lactones) is 1. The third-order valence-corrected chi connectivity index (χ3v) is 5.99. The molecule has 2 fully saturated rings. The van der Waals surface area contributed by atoms with Crippen molar-refractivity contribution in [2.24, 2.45) is 0 Å². The van der Waals surface area contributed by atoms with Crippen LogP contribution in [0.4, 0.5) is 14.9 Å². The first-order valence-electron chi connectivity index (χ1n) is 10.3. The summed E-state index contributed by atoms with van der Waals surface area (Å²) in [6, 6.07) is 14.6. The fourth-order valence-corrected chi connectivity index (χ4v) is 4.26. The van der Waals surface area contributed by atoms with E-state index in [9.17, 15) is 9.18 Å². The van der Waals surface area contributed by atoms with Crippen molar-refractivity contribution in [1.82, 2.24) is 14.8 Å². The molecule has 5 rings (SSSR count). The molecule has 0 radical (unpaired) electrons. The fourth-order valence-electron chi connectivity index (χ4n) is 4.26. The number of anilines is 1. The van der Waals surface area contributed by atoms with Gasteiger partial charge in [-0.25, -0.2) is 9.18 Å². The molecule has 0 bridgehead atoms. The second kappa shape index (κ2) is 6.93.